The first kappa shape index (κ1) is 21.4. The van der Waals surface area contributed by atoms with Crippen LogP contribution in [0.4, 0.5) is 0 Å². The minimum atomic E-state index is -1.90. The predicted octanol–water partition coefficient (Wildman–Crippen LogP) is 5.44. The van der Waals surface area contributed by atoms with Gasteiger partial charge >= 0.3 is 0 Å². The van der Waals surface area contributed by atoms with Gasteiger partial charge in [0.1, 0.15) is 0 Å². The van der Waals surface area contributed by atoms with E-state index in [0.29, 0.717) is 0 Å². The first-order valence-electron chi connectivity index (χ1n) is 9.60. The van der Waals surface area contributed by atoms with Gasteiger partial charge in [0, 0.05) is 19.1 Å². The van der Waals surface area contributed by atoms with Crippen molar-refractivity contribution in [1.29, 1.82) is 0 Å². The van der Waals surface area contributed by atoms with Gasteiger partial charge in [-0.3, -0.25) is 0 Å². The minimum absolute atomic E-state index is 0.174. The van der Waals surface area contributed by atoms with E-state index in [-0.39, 0.29) is 5.41 Å². The molecular formula is C21H38O2Si. The van der Waals surface area contributed by atoms with Gasteiger partial charge in [0.15, 0.2) is 0 Å². The van der Waals surface area contributed by atoms with Gasteiger partial charge in [-0.25, -0.2) is 0 Å². The third kappa shape index (κ3) is 6.34. The molecule has 0 bridgehead atoms. The molecule has 0 saturated carbocycles. The first-order valence-corrected chi connectivity index (χ1v) is 12.5. The Morgan fingerprint density at radius 3 is 2.04 bits per heavy atom. The van der Waals surface area contributed by atoms with Crippen LogP contribution in [0.25, 0.3) is 0 Å². The van der Waals surface area contributed by atoms with Crippen molar-refractivity contribution in [1.82, 2.24) is 0 Å². The van der Waals surface area contributed by atoms with Gasteiger partial charge in [-0.15, -0.1) is 0 Å². The first-order chi connectivity index (χ1) is 11.4. The molecule has 1 rings (SSSR count). The zero-order chi connectivity index (χ0) is 18.1. The van der Waals surface area contributed by atoms with E-state index in [2.05, 4.69) is 58.1 Å². The topological polar surface area (TPSA) is 18.5 Å². The summed E-state index contributed by atoms with van der Waals surface area (Å²) in [4.78, 5) is 0. The van der Waals surface area contributed by atoms with Gasteiger partial charge in [-0.05, 0) is 43.6 Å². The third-order valence-electron chi connectivity index (χ3n) is 5.10. The average Bonchev–Trinajstić information content (AvgIpc) is 2.56. The fourth-order valence-corrected chi connectivity index (χ4v) is 5.88. The molecule has 0 aliphatic carbocycles. The highest BCUT2D eigenvalue weighted by Crippen LogP contribution is 2.33. The number of rotatable bonds is 12. The maximum Gasteiger partial charge on any atom is 0.218 e. The summed E-state index contributed by atoms with van der Waals surface area (Å²) in [5, 5.41) is 1.42. The second kappa shape index (κ2) is 10.4. The molecule has 2 nitrogen and oxygen atoms in total. The van der Waals surface area contributed by atoms with Gasteiger partial charge in [0.2, 0.25) is 8.32 Å². The summed E-state index contributed by atoms with van der Waals surface area (Å²) in [6, 6.07) is 8.69. The van der Waals surface area contributed by atoms with Crippen LogP contribution in [0, 0.1) is 12.3 Å². The summed E-state index contributed by atoms with van der Waals surface area (Å²) in [5.41, 5.74) is 1.53. The Kier molecular flexibility index (Phi) is 9.25. The van der Waals surface area contributed by atoms with E-state index in [0.717, 1.165) is 13.2 Å². The molecule has 0 radical (unpaired) electrons. The quantitative estimate of drug-likeness (QED) is 0.467. The lowest BCUT2D eigenvalue weighted by molar-refractivity contribution is 0.0202. The molecule has 24 heavy (non-hydrogen) atoms. The molecule has 0 saturated heterocycles. The molecule has 0 aromatic heterocycles. The molecule has 0 heterocycles. The van der Waals surface area contributed by atoms with Crippen LogP contribution in [0.15, 0.2) is 24.3 Å². The fraction of sp³-hybridized carbons (Fsp3) is 0.714. The van der Waals surface area contributed by atoms with Crippen molar-refractivity contribution in [3.8, 4) is 0 Å². The lowest BCUT2D eigenvalue weighted by atomic mass is 9.80. The summed E-state index contributed by atoms with van der Waals surface area (Å²) in [6.45, 7) is 13.0. The highest BCUT2D eigenvalue weighted by molar-refractivity contribution is 6.84. The number of hydrogen-bond donors (Lipinski definition) is 0. The number of hydrogen-bond acceptors (Lipinski definition) is 2. The summed E-state index contributed by atoms with van der Waals surface area (Å²) < 4.78 is 12.3. The van der Waals surface area contributed by atoms with E-state index in [4.69, 9.17) is 9.16 Å². The fourth-order valence-electron chi connectivity index (χ4n) is 3.52. The van der Waals surface area contributed by atoms with Gasteiger partial charge in [-0.1, -0.05) is 63.8 Å². The van der Waals surface area contributed by atoms with E-state index in [1.54, 1.807) is 0 Å². The minimum Gasteiger partial charge on any atom is -0.412 e. The standard InChI is InChI=1S/C21H38O2Si/c1-7-9-15-21(17-22-4,16-10-8-2)18-23-24(5,6)20-14-12-11-13-19(20)3/h11-14H,7-10,15-18H2,1-6H3. The average molecular weight is 351 g/mol. The summed E-state index contributed by atoms with van der Waals surface area (Å²) in [5.74, 6) is 0. The van der Waals surface area contributed by atoms with Crippen molar-refractivity contribution >= 4 is 13.5 Å². The second-order valence-corrected chi connectivity index (χ2v) is 11.6. The Hall–Kier alpha value is -0.643. The van der Waals surface area contributed by atoms with Crippen molar-refractivity contribution in [2.75, 3.05) is 20.3 Å². The molecule has 138 valence electrons. The zero-order valence-corrected chi connectivity index (χ0v) is 17.8. The molecule has 0 atom stereocenters. The molecule has 0 spiro atoms. The van der Waals surface area contributed by atoms with E-state index < -0.39 is 8.32 Å². The van der Waals surface area contributed by atoms with Crippen LogP contribution >= 0.6 is 0 Å². The lowest BCUT2D eigenvalue weighted by Gasteiger charge is -2.37. The molecule has 0 N–H and O–H groups in total. The number of aryl methyl sites for hydroxylation is 1. The number of benzene rings is 1. The van der Waals surface area contributed by atoms with Crippen molar-refractivity contribution in [3.05, 3.63) is 29.8 Å². The molecule has 0 aliphatic rings. The number of methoxy groups -OCH3 is 1. The monoisotopic (exact) mass is 350 g/mol. The van der Waals surface area contributed by atoms with Crippen LogP contribution < -0.4 is 5.19 Å². The van der Waals surface area contributed by atoms with E-state index in [1.165, 1.54) is 49.3 Å². The SMILES string of the molecule is CCCCC(CCCC)(COC)CO[Si](C)(C)c1ccccc1C. The normalized spacial score (nSPS) is 12.6. The lowest BCUT2D eigenvalue weighted by Crippen LogP contribution is -2.49. The van der Waals surface area contributed by atoms with Gasteiger partial charge in [0.05, 0.1) is 6.61 Å². The Labute approximate surface area is 151 Å². The van der Waals surface area contributed by atoms with Crippen molar-refractivity contribution in [2.45, 2.75) is 72.4 Å². The molecule has 3 heteroatoms. The van der Waals surface area contributed by atoms with Crippen LogP contribution in [-0.2, 0) is 9.16 Å². The highest BCUT2D eigenvalue weighted by atomic mass is 28.4. The second-order valence-electron chi connectivity index (χ2n) is 7.75. The zero-order valence-electron chi connectivity index (χ0n) is 16.8. The third-order valence-corrected chi connectivity index (χ3v) is 7.83. The van der Waals surface area contributed by atoms with Crippen molar-refractivity contribution in [3.63, 3.8) is 0 Å². The Bertz CT molecular complexity index is 463. The molecule has 0 aliphatic heterocycles. The van der Waals surface area contributed by atoms with Gasteiger partial charge in [0.25, 0.3) is 0 Å². The summed E-state index contributed by atoms with van der Waals surface area (Å²) in [6.07, 6.45) is 7.38. The predicted molar refractivity (Wildman–Crippen MR) is 108 cm³/mol. The van der Waals surface area contributed by atoms with Crippen molar-refractivity contribution < 1.29 is 9.16 Å². The van der Waals surface area contributed by atoms with Crippen LogP contribution in [-0.4, -0.2) is 28.6 Å². The Morgan fingerprint density at radius 2 is 1.54 bits per heavy atom. The number of unbranched alkanes of at least 4 members (excludes halogenated alkanes) is 2. The van der Waals surface area contributed by atoms with Crippen LogP contribution in [0.3, 0.4) is 0 Å². The van der Waals surface area contributed by atoms with Crippen LogP contribution in [0.1, 0.15) is 57.9 Å². The highest BCUT2D eigenvalue weighted by Gasteiger charge is 2.34. The summed E-state index contributed by atoms with van der Waals surface area (Å²) in [7, 11) is -0.0669. The van der Waals surface area contributed by atoms with Crippen LogP contribution in [0.5, 0.6) is 0 Å². The molecular weight excluding hydrogens is 312 g/mol. The smallest absolute Gasteiger partial charge is 0.218 e. The maximum atomic E-state index is 6.67. The van der Waals surface area contributed by atoms with E-state index in [1.807, 2.05) is 7.11 Å². The van der Waals surface area contributed by atoms with Crippen LogP contribution in [0.2, 0.25) is 13.1 Å². The molecule has 1 aromatic carbocycles. The van der Waals surface area contributed by atoms with Gasteiger partial charge < -0.3 is 9.16 Å². The molecule has 1 aromatic rings. The van der Waals surface area contributed by atoms with Gasteiger partial charge in [-0.2, -0.15) is 0 Å². The summed E-state index contributed by atoms with van der Waals surface area (Å²) >= 11 is 0. The van der Waals surface area contributed by atoms with E-state index >= 15 is 0 Å². The molecule has 0 unspecified atom stereocenters. The number of ether oxygens (including phenoxy) is 1. The molecule has 0 amide bonds. The Morgan fingerprint density at radius 1 is 0.958 bits per heavy atom. The van der Waals surface area contributed by atoms with Crippen molar-refractivity contribution in [2.24, 2.45) is 5.41 Å². The maximum absolute atomic E-state index is 6.67. The largest absolute Gasteiger partial charge is 0.412 e. The molecule has 0 fully saturated rings. The Balaban J connectivity index is 2.89. The van der Waals surface area contributed by atoms with E-state index in [9.17, 15) is 0 Å².